The molecule has 0 aromatic heterocycles. The van der Waals surface area contributed by atoms with Gasteiger partial charge in [-0.1, -0.05) is 0 Å². The van der Waals surface area contributed by atoms with Crippen molar-refractivity contribution in [1.82, 2.24) is 5.32 Å². The second kappa shape index (κ2) is 4.07. The second-order valence-corrected chi connectivity index (χ2v) is 4.63. The molecule has 6 heteroatoms. The molecule has 0 fully saturated rings. The van der Waals surface area contributed by atoms with E-state index < -0.39 is 27.5 Å². The third-order valence-corrected chi connectivity index (χ3v) is 1.75. The summed E-state index contributed by atoms with van der Waals surface area (Å²) >= 11 is 0. The zero-order chi connectivity index (χ0) is 9.78. The summed E-state index contributed by atoms with van der Waals surface area (Å²) < 4.78 is 21.1. The van der Waals surface area contributed by atoms with Crippen LogP contribution in [0.5, 0.6) is 0 Å². The molecule has 0 aliphatic rings. The van der Waals surface area contributed by atoms with Crippen LogP contribution in [0.2, 0.25) is 0 Å². The number of carbonyl (C=O) groups excluding carboxylic acids is 1. The van der Waals surface area contributed by atoms with Crippen LogP contribution in [-0.4, -0.2) is 32.4 Å². The monoisotopic (exact) mass is 190 g/mol. The Labute approximate surface area is 71.3 Å². The highest BCUT2D eigenvalue weighted by atomic mass is 32.2. The SMILES string of the molecule is CC(C#N)NC(=O)CS(C)(=O)=O. The first-order valence-corrected chi connectivity index (χ1v) is 5.28. The van der Waals surface area contributed by atoms with Gasteiger partial charge in [-0.3, -0.25) is 4.79 Å². The maximum absolute atomic E-state index is 10.8. The smallest absolute Gasteiger partial charge is 0.236 e. The number of hydrogen-bond donors (Lipinski definition) is 1. The number of amides is 1. The summed E-state index contributed by atoms with van der Waals surface area (Å²) in [6.45, 7) is 1.47. The highest BCUT2D eigenvalue weighted by molar-refractivity contribution is 7.91. The molecule has 0 aliphatic heterocycles. The van der Waals surface area contributed by atoms with Gasteiger partial charge in [0.05, 0.1) is 6.07 Å². The first kappa shape index (κ1) is 10.9. The fourth-order valence-corrected chi connectivity index (χ4v) is 1.11. The topological polar surface area (TPSA) is 87.0 Å². The van der Waals surface area contributed by atoms with Gasteiger partial charge in [-0.15, -0.1) is 0 Å². The Bertz CT molecular complexity index is 301. The van der Waals surface area contributed by atoms with Crippen molar-refractivity contribution in [2.45, 2.75) is 13.0 Å². The molecule has 1 amide bonds. The molecule has 0 heterocycles. The highest BCUT2D eigenvalue weighted by Gasteiger charge is 2.12. The lowest BCUT2D eigenvalue weighted by Gasteiger charge is -2.04. The first-order valence-electron chi connectivity index (χ1n) is 3.22. The van der Waals surface area contributed by atoms with Gasteiger partial charge in [-0.2, -0.15) is 5.26 Å². The second-order valence-electron chi connectivity index (χ2n) is 2.49. The van der Waals surface area contributed by atoms with Crippen molar-refractivity contribution in [3.63, 3.8) is 0 Å². The maximum Gasteiger partial charge on any atom is 0.236 e. The Balaban J connectivity index is 4.03. The Morgan fingerprint density at radius 2 is 2.17 bits per heavy atom. The van der Waals surface area contributed by atoms with Crippen molar-refractivity contribution >= 4 is 15.7 Å². The molecule has 5 nitrogen and oxygen atoms in total. The van der Waals surface area contributed by atoms with E-state index in [0.29, 0.717) is 0 Å². The minimum absolute atomic E-state index is 0.570. The first-order chi connectivity index (χ1) is 5.35. The van der Waals surface area contributed by atoms with E-state index in [0.717, 1.165) is 6.26 Å². The van der Waals surface area contributed by atoms with Gasteiger partial charge in [0.1, 0.15) is 11.8 Å². The molecule has 12 heavy (non-hydrogen) atoms. The van der Waals surface area contributed by atoms with E-state index in [-0.39, 0.29) is 0 Å². The molecule has 0 aromatic rings. The molecule has 0 radical (unpaired) electrons. The molecule has 1 N–H and O–H groups in total. The van der Waals surface area contributed by atoms with Crippen LogP contribution in [0.15, 0.2) is 0 Å². The summed E-state index contributed by atoms with van der Waals surface area (Å²) in [4.78, 5) is 10.8. The number of carbonyl (C=O) groups is 1. The van der Waals surface area contributed by atoms with Crippen LogP contribution in [0, 0.1) is 11.3 Å². The van der Waals surface area contributed by atoms with Crippen LogP contribution in [0.3, 0.4) is 0 Å². The molecular formula is C6H10N2O3S. The molecule has 68 valence electrons. The molecule has 0 saturated heterocycles. The summed E-state index contributed by atoms with van der Waals surface area (Å²) in [6.07, 6.45) is 0.962. The van der Waals surface area contributed by atoms with E-state index in [4.69, 9.17) is 5.26 Å². The molecular weight excluding hydrogens is 180 g/mol. The molecule has 0 saturated carbocycles. The van der Waals surface area contributed by atoms with Gasteiger partial charge in [0.15, 0.2) is 9.84 Å². The summed E-state index contributed by atoms with van der Waals surface area (Å²) in [5.74, 6) is -1.22. The van der Waals surface area contributed by atoms with Crippen molar-refractivity contribution < 1.29 is 13.2 Å². The standard InChI is InChI=1S/C6H10N2O3S/c1-5(3-7)8-6(9)4-12(2,10)11/h5H,4H2,1-2H3,(H,8,9). The van der Waals surface area contributed by atoms with E-state index in [1.807, 2.05) is 0 Å². The normalized spacial score (nSPS) is 13.1. The van der Waals surface area contributed by atoms with Crippen molar-refractivity contribution in [3.8, 4) is 6.07 Å². The number of nitrogens with one attached hydrogen (secondary N) is 1. The summed E-state index contributed by atoms with van der Waals surface area (Å²) in [5.41, 5.74) is 0. The van der Waals surface area contributed by atoms with Crippen LogP contribution < -0.4 is 5.32 Å². The number of rotatable bonds is 3. The van der Waals surface area contributed by atoms with Crippen LogP contribution in [0.4, 0.5) is 0 Å². The van der Waals surface area contributed by atoms with Gasteiger partial charge in [-0.05, 0) is 6.92 Å². The average molecular weight is 190 g/mol. The van der Waals surface area contributed by atoms with E-state index >= 15 is 0 Å². The zero-order valence-electron chi connectivity index (χ0n) is 6.86. The Kier molecular flexibility index (Phi) is 3.70. The molecule has 0 aliphatic carbocycles. The van der Waals surface area contributed by atoms with Gasteiger partial charge in [0.25, 0.3) is 0 Å². The van der Waals surface area contributed by atoms with Gasteiger partial charge in [0, 0.05) is 6.26 Å². The van der Waals surface area contributed by atoms with Crippen molar-refractivity contribution in [2.24, 2.45) is 0 Å². The fraction of sp³-hybridized carbons (Fsp3) is 0.667. The van der Waals surface area contributed by atoms with Crippen LogP contribution >= 0.6 is 0 Å². The predicted molar refractivity (Wildman–Crippen MR) is 42.9 cm³/mol. The molecule has 0 aromatic carbocycles. The highest BCUT2D eigenvalue weighted by Crippen LogP contribution is 1.84. The lowest BCUT2D eigenvalue weighted by atomic mass is 10.4. The Morgan fingerprint density at radius 1 is 1.67 bits per heavy atom. The summed E-state index contributed by atoms with van der Waals surface area (Å²) in [6, 6.07) is 1.10. The molecule has 0 spiro atoms. The Morgan fingerprint density at radius 3 is 2.50 bits per heavy atom. The number of sulfone groups is 1. The number of nitriles is 1. The average Bonchev–Trinajstić information content (AvgIpc) is 1.82. The summed E-state index contributed by atoms with van der Waals surface area (Å²) in [5, 5.41) is 10.5. The Hall–Kier alpha value is -1.09. The van der Waals surface area contributed by atoms with Crippen molar-refractivity contribution in [2.75, 3.05) is 12.0 Å². The molecule has 0 rings (SSSR count). The third kappa shape index (κ3) is 5.68. The third-order valence-electron chi connectivity index (χ3n) is 0.964. The molecule has 1 atom stereocenters. The maximum atomic E-state index is 10.8. The zero-order valence-corrected chi connectivity index (χ0v) is 7.68. The molecule has 1 unspecified atom stereocenters. The lowest BCUT2D eigenvalue weighted by Crippen LogP contribution is -2.35. The molecule has 0 bridgehead atoms. The van der Waals surface area contributed by atoms with Crippen LogP contribution in [-0.2, 0) is 14.6 Å². The predicted octanol–water partition coefficient (Wildman–Crippen LogP) is -0.941. The van der Waals surface area contributed by atoms with Crippen molar-refractivity contribution in [3.05, 3.63) is 0 Å². The quantitative estimate of drug-likeness (QED) is 0.622. The largest absolute Gasteiger partial charge is 0.340 e. The number of nitrogens with zero attached hydrogens (tertiary/aromatic N) is 1. The van der Waals surface area contributed by atoms with E-state index in [1.54, 1.807) is 6.07 Å². The van der Waals surface area contributed by atoms with E-state index in [2.05, 4.69) is 5.32 Å². The minimum atomic E-state index is -3.30. The van der Waals surface area contributed by atoms with E-state index in [9.17, 15) is 13.2 Å². The van der Waals surface area contributed by atoms with Gasteiger partial charge < -0.3 is 5.32 Å². The van der Waals surface area contributed by atoms with Gasteiger partial charge >= 0.3 is 0 Å². The fourth-order valence-electron chi connectivity index (χ4n) is 0.554. The van der Waals surface area contributed by atoms with E-state index in [1.165, 1.54) is 6.92 Å². The number of hydrogen-bond acceptors (Lipinski definition) is 4. The van der Waals surface area contributed by atoms with Gasteiger partial charge in [0.2, 0.25) is 5.91 Å². The minimum Gasteiger partial charge on any atom is -0.340 e. The lowest BCUT2D eigenvalue weighted by molar-refractivity contribution is -0.118. The van der Waals surface area contributed by atoms with Crippen molar-refractivity contribution in [1.29, 1.82) is 5.26 Å². The van der Waals surface area contributed by atoms with Crippen LogP contribution in [0.25, 0.3) is 0 Å². The van der Waals surface area contributed by atoms with Gasteiger partial charge in [-0.25, -0.2) is 8.42 Å². The van der Waals surface area contributed by atoms with Crippen LogP contribution in [0.1, 0.15) is 6.92 Å². The summed E-state index contributed by atoms with van der Waals surface area (Å²) in [7, 11) is -3.30.